The molecule has 0 spiro atoms. The second-order valence-corrected chi connectivity index (χ2v) is 3.81. The Morgan fingerprint density at radius 1 is 0.625 bits per heavy atom. The topological polar surface area (TPSA) is 26.0 Å². The number of anilines is 1. The Hall–Kier alpha value is 0.0319. The van der Waals surface area contributed by atoms with Gasteiger partial charge in [-0.1, -0.05) is 30.3 Å². The second-order valence-electron chi connectivity index (χ2n) is 3.81. The van der Waals surface area contributed by atoms with Crippen LogP contribution in [0, 0.1) is 0 Å². The number of hydrogen-bond donors (Lipinski definition) is 1. The van der Waals surface area contributed by atoms with Crippen LogP contribution in [0.2, 0.25) is 0 Å². The van der Waals surface area contributed by atoms with Gasteiger partial charge in [0, 0.05) is 74.6 Å². The number of rotatable bonds is 0. The number of nitrogen functional groups attached to an aromatic ring is 1. The first-order valence-electron chi connectivity index (χ1n) is 5.01. The number of nitrogens with two attached hydrogens (primary N) is 1. The molecule has 0 saturated carbocycles. The van der Waals surface area contributed by atoms with E-state index in [1.807, 2.05) is 12.1 Å². The third kappa shape index (κ3) is 2.32. The van der Waals surface area contributed by atoms with Crippen molar-refractivity contribution in [2.75, 3.05) is 5.73 Å². The van der Waals surface area contributed by atoms with Crippen LogP contribution in [0.4, 0.5) is 5.69 Å². The zero-order chi connectivity index (χ0) is 10.3. The van der Waals surface area contributed by atoms with Crippen LogP contribution < -0.4 is 5.73 Å². The molecule has 0 aliphatic rings. The molecule has 0 unspecified atom stereocenters. The summed E-state index contributed by atoms with van der Waals surface area (Å²) < 4.78 is 0. The summed E-state index contributed by atoms with van der Waals surface area (Å²) in [5.41, 5.74) is 6.59. The fraction of sp³-hybridized carbons (Fsp3) is 0. The molecule has 0 atom stereocenters. The predicted octanol–water partition coefficient (Wildman–Crippen LogP) is 3.19. The van der Waals surface area contributed by atoms with Gasteiger partial charge < -0.3 is 5.73 Å². The summed E-state index contributed by atoms with van der Waals surface area (Å²) in [5, 5.41) is 4.97. The van der Waals surface area contributed by atoms with Crippen LogP contribution in [0.15, 0.2) is 54.6 Å². The van der Waals surface area contributed by atoms with Crippen LogP contribution in [0.3, 0.4) is 0 Å². The molecule has 0 amide bonds. The van der Waals surface area contributed by atoms with Gasteiger partial charge in [0.25, 0.3) is 0 Å². The maximum Gasteiger partial charge on any atom is 0.0320 e. The predicted molar refractivity (Wildman–Crippen MR) is 71.6 cm³/mol. The molecule has 16 heavy (non-hydrogen) atoms. The van der Waals surface area contributed by atoms with E-state index in [0.29, 0.717) is 0 Å². The van der Waals surface area contributed by atoms with E-state index >= 15 is 0 Å². The Balaban J connectivity index is 0.000000963. The Labute approximate surface area is 153 Å². The summed E-state index contributed by atoms with van der Waals surface area (Å²) in [7, 11) is 0. The molecule has 0 aromatic heterocycles. The summed E-state index contributed by atoms with van der Waals surface area (Å²) in [6.45, 7) is 0. The minimum absolute atomic E-state index is 0. The van der Waals surface area contributed by atoms with Crippen molar-refractivity contribution in [2.24, 2.45) is 0 Å². The number of benzene rings is 3. The Kier molecular flexibility index (Phi) is 4.00. The summed E-state index contributed by atoms with van der Waals surface area (Å²) in [6.07, 6.45) is 0. The van der Waals surface area contributed by atoms with E-state index in [-0.39, 0.29) is 68.9 Å². The Bertz CT molecular complexity index is 646. The molecule has 3 aromatic carbocycles. The van der Waals surface area contributed by atoms with E-state index in [2.05, 4.69) is 42.5 Å². The summed E-state index contributed by atoms with van der Waals surface area (Å²) in [5.74, 6) is 0. The van der Waals surface area contributed by atoms with Gasteiger partial charge in [-0.25, -0.2) is 0 Å². The molecule has 3 aromatic rings. The van der Waals surface area contributed by atoms with Crippen molar-refractivity contribution in [3.05, 3.63) is 54.6 Å². The van der Waals surface area contributed by atoms with Crippen LogP contribution in [0.1, 0.15) is 0 Å². The van der Waals surface area contributed by atoms with E-state index in [4.69, 9.17) is 5.73 Å². The minimum Gasteiger partial charge on any atom is -0.399 e. The van der Waals surface area contributed by atoms with Gasteiger partial charge in [0.2, 0.25) is 0 Å². The van der Waals surface area contributed by atoms with Gasteiger partial charge in [-0.15, -0.1) is 0 Å². The molecular weight excluding hydrogens is 315 g/mol. The first-order valence-corrected chi connectivity index (χ1v) is 5.01. The molecule has 0 aliphatic carbocycles. The van der Waals surface area contributed by atoms with Crippen molar-refractivity contribution in [1.29, 1.82) is 0 Å². The molecule has 3 rings (SSSR count). The zero-order valence-corrected chi connectivity index (χ0v) is 15.6. The molecule has 0 bridgehead atoms. The number of hydrogen-bond acceptors (Lipinski definition) is 1. The van der Waals surface area contributed by atoms with Crippen LogP contribution in [-0.4, -0.2) is 68.9 Å². The van der Waals surface area contributed by atoms with Gasteiger partial charge in [0.1, 0.15) is 0 Å². The van der Waals surface area contributed by atoms with E-state index in [1.165, 1.54) is 21.5 Å². The first-order chi connectivity index (χ1) is 7.33. The average Bonchev–Trinajstić information content (AvgIpc) is 2.26. The monoisotopic (exact) mass is 326 g/mol. The van der Waals surface area contributed by atoms with Gasteiger partial charge in [-0.05, 0) is 45.8 Å². The average molecular weight is 326 g/mol. The number of fused-ring (bicyclic) bond motifs is 2. The van der Waals surface area contributed by atoms with Crippen LogP contribution in [0.25, 0.3) is 21.5 Å². The van der Waals surface area contributed by atoms with Crippen molar-refractivity contribution < 1.29 is 0 Å². The fourth-order valence-electron chi connectivity index (χ4n) is 1.96. The van der Waals surface area contributed by atoms with Crippen molar-refractivity contribution in [3.63, 3.8) is 0 Å². The normalized spacial score (nSPS) is 10.2. The van der Waals surface area contributed by atoms with Gasteiger partial charge in [0.15, 0.2) is 0 Å². The molecule has 2 heteroatoms. The quantitative estimate of drug-likeness (QED) is 0.498. The zero-order valence-electron chi connectivity index (χ0n) is 9.27. The molecule has 0 saturated heterocycles. The molecule has 2 N–H and O–H groups in total. The molecule has 0 heterocycles. The Morgan fingerprint density at radius 3 is 1.88 bits per heavy atom. The van der Waals surface area contributed by atoms with Crippen LogP contribution in [-0.2, 0) is 0 Å². The maximum absolute atomic E-state index is 5.77. The van der Waals surface area contributed by atoms with Crippen molar-refractivity contribution in [1.82, 2.24) is 0 Å². The Morgan fingerprint density at radius 2 is 1.19 bits per heavy atom. The maximum atomic E-state index is 5.77. The molecule has 0 fully saturated rings. The van der Waals surface area contributed by atoms with Crippen molar-refractivity contribution in [2.45, 2.75) is 0 Å². The first kappa shape index (κ1) is 12.5. The molecular formula is C14H11CsN. The van der Waals surface area contributed by atoms with Gasteiger partial charge in [-0.3, -0.25) is 0 Å². The van der Waals surface area contributed by atoms with E-state index in [0.717, 1.165) is 5.69 Å². The van der Waals surface area contributed by atoms with Crippen LogP contribution in [0.5, 0.6) is 0 Å². The largest absolute Gasteiger partial charge is 0.399 e. The fourth-order valence-corrected chi connectivity index (χ4v) is 1.96. The SMILES string of the molecule is Nc1ccc2cc3ccccc3cc2c1.[Cs]. The molecule has 1 nitrogen and oxygen atoms in total. The van der Waals surface area contributed by atoms with Gasteiger partial charge in [0.05, 0.1) is 0 Å². The standard InChI is InChI=1S/C14H11N.Cs/c15-14-6-5-12-7-10-3-1-2-4-11(10)8-13(12)9-14;/h1-9H,15H2;. The smallest absolute Gasteiger partial charge is 0.0320 e. The summed E-state index contributed by atoms with van der Waals surface area (Å²) in [6, 6.07) is 18.8. The van der Waals surface area contributed by atoms with Crippen LogP contribution >= 0.6 is 0 Å². The molecule has 73 valence electrons. The summed E-state index contributed by atoms with van der Waals surface area (Å²) >= 11 is 0. The van der Waals surface area contributed by atoms with E-state index in [9.17, 15) is 0 Å². The third-order valence-corrected chi connectivity index (χ3v) is 2.73. The van der Waals surface area contributed by atoms with E-state index < -0.39 is 0 Å². The van der Waals surface area contributed by atoms with E-state index in [1.54, 1.807) is 0 Å². The van der Waals surface area contributed by atoms with Gasteiger partial charge in [-0.2, -0.15) is 0 Å². The van der Waals surface area contributed by atoms with Crippen molar-refractivity contribution in [3.8, 4) is 0 Å². The minimum atomic E-state index is 0. The molecule has 1 radical (unpaired) electrons. The summed E-state index contributed by atoms with van der Waals surface area (Å²) in [4.78, 5) is 0. The van der Waals surface area contributed by atoms with Gasteiger partial charge >= 0.3 is 0 Å². The van der Waals surface area contributed by atoms with Crippen molar-refractivity contribution >= 4 is 96.1 Å². The second kappa shape index (κ2) is 5.12. The third-order valence-electron chi connectivity index (χ3n) is 2.73. The molecule has 0 aliphatic heterocycles.